The lowest BCUT2D eigenvalue weighted by Gasteiger charge is -2.10. The van der Waals surface area contributed by atoms with Gasteiger partial charge >= 0.3 is 0 Å². The maximum atomic E-state index is 4.10. The van der Waals surface area contributed by atoms with E-state index in [0.717, 1.165) is 6.42 Å². The van der Waals surface area contributed by atoms with Crippen LogP contribution < -0.4 is 0 Å². The minimum atomic E-state index is 0.595. The van der Waals surface area contributed by atoms with E-state index in [4.69, 9.17) is 0 Å². The summed E-state index contributed by atoms with van der Waals surface area (Å²) >= 11 is 0. The normalized spacial score (nSPS) is 13.4. The van der Waals surface area contributed by atoms with E-state index in [1.807, 2.05) is 0 Å². The van der Waals surface area contributed by atoms with Crippen molar-refractivity contribution < 1.29 is 0 Å². The third kappa shape index (κ3) is 7.18. The molecule has 0 saturated heterocycles. The quantitative estimate of drug-likeness (QED) is 0.506. The first kappa shape index (κ1) is 14.2. The van der Waals surface area contributed by atoms with Gasteiger partial charge in [0.25, 0.3) is 0 Å². The number of hydrogen-bond acceptors (Lipinski definition) is 0. The smallest absolute Gasteiger partial charge is 0.0196 e. The Labute approximate surface area is 95.8 Å². The Balaban J connectivity index is 4.05. The van der Waals surface area contributed by atoms with Crippen molar-refractivity contribution in [2.75, 3.05) is 0 Å². The highest BCUT2D eigenvalue weighted by molar-refractivity contribution is 5.25. The molecule has 15 heavy (non-hydrogen) atoms. The molecule has 0 amide bonds. The Hall–Kier alpha value is -0.780. The van der Waals surface area contributed by atoms with Crippen LogP contribution in [-0.4, -0.2) is 0 Å². The van der Waals surface area contributed by atoms with Gasteiger partial charge in [-0.1, -0.05) is 70.6 Å². The molecule has 0 spiro atoms. The fraction of sp³-hybridized carbons (Fsp3) is 0.600. The summed E-state index contributed by atoms with van der Waals surface area (Å²) in [6, 6.07) is 0. The van der Waals surface area contributed by atoms with Gasteiger partial charge in [0.2, 0.25) is 0 Å². The Kier molecular flexibility index (Phi) is 7.11. The van der Waals surface area contributed by atoms with E-state index in [2.05, 4.69) is 53.0 Å². The summed E-state index contributed by atoms with van der Waals surface area (Å²) in [4.78, 5) is 0. The zero-order valence-electron chi connectivity index (χ0n) is 10.8. The van der Waals surface area contributed by atoms with E-state index in [-0.39, 0.29) is 0 Å². The first-order valence-corrected chi connectivity index (χ1v) is 6.02. The Bertz CT molecular complexity index is 230. The SMILES string of the molecule is C=C(/C=C\C(=C)C(C)CCC)CC(C)C. The highest BCUT2D eigenvalue weighted by Gasteiger charge is 2.02. The first-order chi connectivity index (χ1) is 6.97. The van der Waals surface area contributed by atoms with Gasteiger partial charge in [0.1, 0.15) is 0 Å². The second-order valence-corrected chi connectivity index (χ2v) is 4.85. The average molecular weight is 206 g/mol. The third-order valence-electron chi connectivity index (χ3n) is 2.56. The third-order valence-corrected chi connectivity index (χ3v) is 2.56. The molecular formula is C15H26. The predicted molar refractivity (Wildman–Crippen MR) is 70.9 cm³/mol. The molecule has 1 atom stereocenters. The molecule has 0 N–H and O–H groups in total. The highest BCUT2D eigenvalue weighted by Crippen LogP contribution is 2.17. The van der Waals surface area contributed by atoms with Crippen molar-refractivity contribution >= 4 is 0 Å². The summed E-state index contributed by atoms with van der Waals surface area (Å²) in [5, 5.41) is 0. The van der Waals surface area contributed by atoms with Crippen molar-refractivity contribution in [3.63, 3.8) is 0 Å². The fourth-order valence-electron chi connectivity index (χ4n) is 1.60. The summed E-state index contributed by atoms with van der Waals surface area (Å²) in [7, 11) is 0. The number of hydrogen-bond donors (Lipinski definition) is 0. The van der Waals surface area contributed by atoms with Crippen LogP contribution in [0.4, 0.5) is 0 Å². The average Bonchev–Trinajstić information content (AvgIpc) is 2.13. The van der Waals surface area contributed by atoms with Crippen LogP contribution in [-0.2, 0) is 0 Å². The van der Waals surface area contributed by atoms with E-state index in [9.17, 15) is 0 Å². The van der Waals surface area contributed by atoms with E-state index < -0.39 is 0 Å². The topological polar surface area (TPSA) is 0 Å². The molecule has 0 saturated carbocycles. The molecule has 86 valence electrons. The molecule has 0 nitrogen and oxygen atoms in total. The lowest BCUT2D eigenvalue weighted by Crippen LogP contribution is -1.95. The van der Waals surface area contributed by atoms with Gasteiger partial charge in [0.05, 0.1) is 0 Å². The van der Waals surface area contributed by atoms with Crippen LogP contribution in [0.5, 0.6) is 0 Å². The molecule has 1 unspecified atom stereocenters. The predicted octanol–water partition coefficient (Wildman–Crippen LogP) is 5.14. The van der Waals surface area contributed by atoms with Crippen LogP contribution in [0.15, 0.2) is 36.5 Å². The van der Waals surface area contributed by atoms with Crippen LogP contribution in [0.3, 0.4) is 0 Å². The van der Waals surface area contributed by atoms with Crippen molar-refractivity contribution in [1.82, 2.24) is 0 Å². The van der Waals surface area contributed by atoms with Gasteiger partial charge in [-0.15, -0.1) is 0 Å². The molecule has 0 aromatic heterocycles. The number of rotatable bonds is 7. The second kappa shape index (κ2) is 7.50. The van der Waals surface area contributed by atoms with E-state index in [0.29, 0.717) is 11.8 Å². The fourth-order valence-corrected chi connectivity index (χ4v) is 1.60. The Morgan fingerprint density at radius 3 is 2.20 bits per heavy atom. The summed E-state index contributed by atoms with van der Waals surface area (Å²) < 4.78 is 0. The van der Waals surface area contributed by atoms with Gasteiger partial charge < -0.3 is 0 Å². The second-order valence-electron chi connectivity index (χ2n) is 4.85. The van der Waals surface area contributed by atoms with Crippen molar-refractivity contribution in [3.05, 3.63) is 36.5 Å². The largest absolute Gasteiger partial charge is 0.0958 e. The standard InChI is InChI=1S/C15H26/c1-7-8-14(5)15(6)10-9-13(4)11-12(2)3/h9-10,12,14H,4,6-8,11H2,1-3,5H3/b10-9-. The van der Waals surface area contributed by atoms with E-state index in [1.54, 1.807) is 0 Å². The van der Waals surface area contributed by atoms with E-state index >= 15 is 0 Å². The lowest BCUT2D eigenvalue weighted by atomic mass is 9.96. The maximum absolute atomic E-state index is 4.10. The van der Waals surface area contributed by atoms with E-state index in [1.165, 1.54) is 24.0 Å². The minimum Gasteiger partial charge on any atom is -0.0958 e. The van der Waals surface area contributed by atoms with Crippen LogP contribution in [0.1, 0.15) is 47.0 Å². The summed E-state index contributed by atoms with van der Waals surface area (Å²) in [5.74, 6) is 1.28. The molecule has 0 aliphatic rings. The van der Waals surface area contributed by atoms with Crippen LogP contribution in [0, 0.1) is 11.8 Å². The molecule has 0 heteroatoms. The Morgan fingerprint density at radius 1 is 1.13 bits per heavy atom. The molecule has 0 bridgehead atoms. The van der Waals surface area contributed by atoms with Crippen LogP contribution in [0.25, 0.3) is 0 Å². The van der Waals surface area contributed by atoms with Crippen molar-refractivity contribution in [1.29, 1.82) is 0 Å². The summed E-state index contributed by atoms with van der Waals surface area (Å²) in [6.07, 6.45) is 7.77. The first-order valence-electron chi connectivity index (χ1n) is 6.02. The Morgan fingerprint density at radius 2 is 1.73 bits per heavy atom. The van der Waals surface area contributed by atoms with Gasteiger partial charge in [-0.25, -0.2) is 0 Å². The molecule has 0 fully saturated rings. The monoisotopic (exact) mass is 206 g/mol. The van der Waals surface area contributed by atoms with Gasteiger partial charge in [-0.05, 0) is 24.7 Å². The summed E-state index contributed by atoms with van der Waals surface area (Å²) in [6.45, 7) is 17.0. The lowest BCUT2D eigenvalue weighted by molar-refractivity contribution is 0.614. The molecule has 0 aliphatic heterocycles. The van der Waals surface area contributed by atoms with Crippen molar-refractivity contribution in [3.8, 4) is 0 Å². The van der Waals surface area contributed by atoms with Gasteiger partial charge in [-0.3, -0.25) is 0 Å². The van der Waals surface area contributed by atoms with Gasteiger partial charge in [0.15, 0.2) is 0 Å². The van der Waals surface area contributed by atoms with Crippen LogP contribution >= 0.6 is 0 Å². The molecule has 0 aromatic carbocycles. The molecule has 0 radical (unpaired) electrons. The van der Waals surface area contributed by atoms with Gasteiger partial charge in [-0.2, -0.15) is 0 Å². The summed E-state index contributed by atoms with van der Waals surface area (Å²) in [5.41, 5.74) is 2.43. The molecule has 0 rings (SSSR count). The van der Waals surface area contributed by atoms with Crippen molar-refractivity contribution in [2.24, 2.45) is 11.8 Å². The number of allylic oxidation sites excluding steroid dienone is 4. The minimum absolute atomic E-state index is 0.595. The molecule has 0 aliphatic carbocycles. The van der Waals surface area contributed by atoms with Crippen LogP contribution in [0.2, 0.25) is 0 Å². The zero-order chi connectivity index (χ0) is 11.8. The zero-order valence-corrected chi connectivity index (χ0v) is 10.8. The maximum Gasteiger partial charge on any atom is -0.0196 e. The highest BCUT2D eigenvalue weighted by atomic mass is 14.1. The molecule has 0 heterocycles. The molecule has 0 aromatic rings. The van der Waals surface area contributed by atoms with Gasteiger partial charge in [0, 0.05) is 0 Å². The molecular weight excluding hydrogens is 180 g/mol. The van der Waals surface area contributed by atoms with Crippen molar-refractivity contribution in [2.45, 2.75) is 47.0 Å².